The summed E-state index contributed by atoms with van der Waals surface area (Å²) in [5, 5.41) is 4.19. The van der Waals surface area contributed by atoms with Crippen molar-refractivity contribution in [2.24, 2.45) is 0 Å². The van der Waals surface area contributed by atoms with Gasteiger partial charge in [-0.2, -0.15) is 0 Å². The maximum atomic E-state index is 13.4. The molecule has 1 N–H and O–H groups in total. The first-order chi connectivity index (χ1) is 15.5. The number of halogens is 1. The summed E-state index contributed by atoms with van der Waals surface area (Å²) in [7, 11) is 1.61. The number of nitrogens with one attached hydrogen (secondary N) is 1. The van der Waals surface area contributed by atoms with Crippen molar-refractivity contribution < 1.29 is 9.53 Å². The molecule has 0 atom stereocenters. The molecule has 6 nitrogen and oxygen atoms in total. The van der Waals surface area contributed by atoms with E-state index >= 15 is 0 Å². The first-order valence-corrected chi connectivity index (χ1v) is 12.6. The maximum absolute atomic E-state index is 13.4. The molecule has 32 heavy (non-hydrogen) atoms. The predicted molar refractivity (Wildman–Crippen MR) is 132 cm³/mol. The number of carbonyl (C=O) groups excluding carboxylic acids is 1. The highest BCUT2D eigenvalue weighted by atomic mass is 79.9. The van der Waals surface area contributed by atoms with Gasteiger partial charge in [0.1, 0.15) is 5.75 Å². The van der Waals surface area contributed by atoms with Crippen LogP contribution in [0.4, 0.5) is 0 Å². The maximum Gasteiger partial charge on any atom is 0.262 e. The number of ether oxygens (including phenoxy) is 1. The standard InChI is InChI=1S/C24H26BrN3O3S/c1-31-21-10-6-5-7-16(21)14-28-23(30)19-13-17(25)11-12-20(19)27-24(28)32-15-22(29)26-18-8-3-2-4-9-18/h5-7,10-13,18H,2-4,8-9,14-15H2,1H3,(H,26,29). The number of amides is 1. The van der Waals surface area contributed by atoms with E-state index in [9.17, 15) is 9.59 Å². The number of methoxy groups -OCH3 is 1. The third-order valence-electron chi connectivity index (χ3n) is 5.70. The summed E-state index contributed by atoms with van der Waals surface area (Å²) in [6, 6.07) is 13.3. The van der Waals surface area contributed by atoms with Crippen LogP contribution in [0.15, 0.2) is 56.9 Å². The molecule has 1 aromatic heterocycles. The minimum Gasteiger partial charge on any atom is -0.496 e. The number of aromatic nitrogens is 2. The Kier molecular flexibility index (Phi) is 7.52. The number of hydrogen-bond donors (Lipinski definition) is 1. The normalized spacial score (nSPS) is 14.4. The van der Waals surface area contributed by atoms with Crippen molar-refractivity contribution in [3.63, 3.8) is 0 Å². The van der Waals surface area contributed by atoms with E-state index in [0.29, 0.717) is 28.4 Å². The Morgan fingerprint density at radius 2 is 2.00 bits per heavy atom. The van der Waals surface area contributed by atoms with Crippen LogP contribution in [0.1, 0.15) is 37.7 Å². The molecule has 168 valence electrons. The van der Waals surface area contributed by atoms with Gasteiger partial charge in [0, 0.05) is 16.1 Å². The van der Waals surface area contributed by atoms with Crippen LogP contribution in [0, 0.1) is 0 Å². The summed E-state index contributed by atoms with van der Waals surface area (Å²) in [4.78, 5) is 30.7. The van der Waals surface area contributed by atoms with E-state index in [1.54, 1.807) is 17.7 Å². The Morgan fingerprint density at radius 1 is 1.22 bits per heavy atom. The van der Waals surface area contributed by atoms with Gasteiger partial charge < -0.3 is 10.1 Å². The van der Waals surface area contributed by atoms with Crippen LogP contribution in [0.25, 0.3) is 10.9 Å². The first-order valence-electron chi connectivity index (χ1n) is 10.8. The Balaban J connectivity index is 1.63. The second-order valence-electron chi connectivity index (χ2n) is 7.95. The molecule has 1 aliphatic carbocycles. The van der Waals surface area contributed by atoms with Crippen molar-refractivity contribution in [3.05, 3.63) is 62.9 Å². The number of thioether (sulfide) groups is 1. The fraction of sp³-hybridized carbons (Fsp3) is 0.375. The van der Waals surface area contributed by atoms with Crippen molar-refractivity contribution in [2.75, 3.05) is 12.9 Å². The van der Waals surface area contributed by atoms with Crippen LogP contribution in [0.5, 0.6) is 5.75 Å². The lowest BCUT2D eigenvalue weighted by atomic mass is 9.95. The van der Waals surface area contributed by atoms with Crippen molar-refractivity contribution >= 4 is 44.5 Å². The highest BCUT2D eigenvalue weighted by Crippen LogP contribution is 2.24. The molecule has 1 amide bonds. The van der Waals surface area contributed by atoms with Crippen LogP contribution in [-0.2, 0) is 11.3 Å². The Bertz CT molecular complexity index is 1170. The van der Waals surface area contributed by atoms with E-state index in [4.69, 9.17) is 9.72 Å². The minimum atomic E-state index is -0.141. The fourth-order valence-electron chi connectivity index (χ4n) is 4.07. The molecule has 2 aromatic carbocycles. The van der Waals surface area contributed by atoms with Gasteiger partial charge in [0.15, 0.2) is 5.16 Å². The molecule has 1 aliphatic rings. The highest BCUT2D eigenvalue weighted by Gasteiger charge is 2.18. The van der Waals surface area contributed by atoms with Crippen molar-refractivity contribution in [1.82, 2.24) is 14.9 Å². The Labute approximate surface area is 199 Å². The lowest BCUT2D eigenvalue weighted by Gasteiger charge is -2.22. The first kappa shape index (κ1) is 22.9. The SMILES string of the molecule is COc1ccccc1Cn1c(SCC(=O)NC2CCCCC2)nc2ccc(Br)cc2c1=O. The van der Waals surface area contributed by atoms with E-state index in [-0.39, 0.29) is 23.3 Å². The van der Waals surface area contributed by atoms with Gasteiger partial charge in [-0.15, -0.1) is 0 Å². The third-order valence-corrected chi connectivity index (χ3v) is 7.17. The lowest BCUT2D eigenvalue weighted by molar-refractivity contribution is -0.119. The predicted octanol–water partition coefficient (Wildman–Crippen LogP) is 4.76. The molecule has 3 aromatic rings. The highest BCUT2D eigenvalue weighted by molar-refractivity contribution is 9.10. The number of nitrogens with zero attached hydrogens (tertiary/aromatic N) is 2. The van der Waals surface area contributed by atoms with Gasteiger partial charge in [0.05, 0.1) is 30.3 Å². The van der Waals surface area contributed by atoms with Crippen LogP contribution in [-0.4, -0.2) is 34.4 Å². The zero-order chi connectivity index (χ0) is 22.5. The molecule has 0 radical (unpaired) electrons. The van der Waals surface area contributed by atoms with Gasteiger partial charge in [0.25, 0.3) is 5.56 Å². The zero-order valence-corrected chi connectivity index (χ0v) is 20.4. The fourth-order valence-corrected chi connectivity index (χ4v) is 5.24. The number of rotatable bonds is 7. The molecule has 0 unspecified atom stereocenters. The molecule has 0 bridgehead atoms. The van der Waals surface area contributed by atoms with Crippen LogP contribution >= 0.6 is 27.7 Å². The summed E-state index contributed by atoms with van der Waals surface area (Å²) >= 11 is 4.74. The van der Waals surface area contributed by atoms with Crippen molar-refractivity contribution in [1.29, 1.82) is 0 Å². The number of hydrogen-bond acceptors (Lipinski definition) is 5. The molecular formula is C24H26BrN3O3S. The van der Waals surface area contributed by atoms with Crippen LogP contribution < -0.4 is 15.6 Å². The number of fused-ring (bicyclic) bond motifs is 1. The number of carbonyl (C=O) groups is 1. The molecule has 4 rings (SSSR count). The van der Waals surface area contributed by atoms with Crippen LogP contribution in [0.3, 0.4) is 0 Å². The van der Waals surface area contributed by atoms with E-state index < -0.39 is 0 Å². The molecule has 0 saturated heterocycles. The minimum absolute atomic E-state index is 0.0177. The summed E-state index contributed by atoms with van der Waals surface area (Å²) in [5.41, 5.74) is 1.35. The van der Waals surface area contributed by atoms with Gasteiger partial charge in [-0.25, -0.2) is 4.98 Å². The van der Waals surface area contributed by atoms with E-state index in [0.717, 1.165) is 22.9 Å². The molecule has 1 saturated carbocycles. The van der Waals surface area contributed by atoms with Crippen molar-refractivity contribution in [3.8, 4) is 5.75 Å². The van der Waals surface area contributed by atoms with Crippen molar-refractivity contribution in [2.45, 2.75) is 49.8 Å². The molecule has 8 heteroatoms. The van der Waals surface area contributed by atoms with Gasteiger partial charge >= 0.3 is 0 Å². The second-order valence-corrected chi connectivity index (χ2v) is 9.81. The van der Waals surface area contributed by atoms with Gasteiger partial charge in [0.2, 0.25) is 5.91 Å². The van der Waals surface area contributed by atoms with E-state index in [2.05, 4.69) is 21.2 Å². The second kappa shape index (κ2) is 10.5. The summed E-state index contributed by atoms with van der Waals surface area (Å²) < 4.78 is 7.92. The molecule has 0 aliphatic heterocycles. The lowest BCUT2D eigenvalue weighted by Crippen LogP contribution is -2.37. The smallest absolute Gasteiger partial charge is 0.262 e. The largest absolute Gasteiger partial charge is 0.496 e. The summed E-state index contributed by atoms with van der Waals surface area (Å²) in [5.74, 6) is 0.910. The Morgan fingerprint density at radius 3 is 2.78 bits per heavy atom. The van der Waals surface area contributed by atoms with E-state index in [1.165, 1.54) is 31.0 Å². The summed E-state index contributed by atoms with van der Waals surface area (Å²) in [6.07, 6.45) is 5.65. The summed E-state index contributed by atoms with van der Waals surface area (Å²) in [6.45, 7) is 0.310. The number of para-hydroxylation sites is 1. The average molecular weight is 516 g/mol. The molecule has 1 heterocycles. The average Bonchev–Trinajstić information content (AvgIpc) is 2.81. The molecule has 1 fully saturated rings. The van der Waals surface area contributed by atoms with Gasteiger partial charge in [-0.05, 0) is 37.1 Å². The monoisotopic (exact) mass is 515 g/mol. The van der Waals surface area contributed by atoms with E-state index in [1.807, 2.05) is 36.4 Å². The topological polar surface area (TPSA) is 73.2 Å². The van der Waals surface area contributed by atoms with Crippen LogP contribution in [0.2, 0.25) is 0 Å². The zero-order valence-electron chi connectivity index (χ0n) is 18.0. The molecular weight excluding hydrogens is 490 g/mol. The van der Waals surface area contributed by atoms with Gasteiger partial charge in [-0.1, -0.05) is 65.2 Å². The third kappa shape index (κ3) is 5.35. The Hall–Kier alpha value is -2.32. The quantitative estimate of drug-likeness (QED) is 0.362. The number of benzene rings is 2. The van der Waals surface area contributed by atoms with Gasteiger partial charge in [-0.3, -0.25) is 14.2 Å². The molecule has 0 spiro atoms.